The molecule has 0 bridgehead atoms. The molecule has 1 aromatic heterocycles. The highest BCUT2D eigenvalue weighted by molar-refractivity contribution is 5.20. The molecule has 2 rings (SSSR count). The summed E-state index contributed by atoms with van der Waals surface area (Å²) in [7, 11) is 0. The Hall–Kier alpha value is -0.890. The van der Waals surface area contributed by atoms with Crippen molar-refractivity contribution in [1.82, 2.24) is 9.88 Å². The topological polar surface area (TPSA) is 16.1 Å². The van der Waals surface area contributed by atoms with E-state index in [1.807, 2.05) is 6.20 Å². The second kappa shape index (κ2) is 6.15. The molecule has 2 heterocycles. The molecule has 17 heavy (non-hydrogen) atoms. The number of pyridine rings is 1. The van der Waals surface area contributed by atoms with Crippen LogP contribution in [0.1, 0.15) is 56.2 Å². The molecule has 1 atom stereocenters. The van der Waals surface area contributed by atoms with Gasteiger partial charge in [-0.2, -0.15) is 0 Å². The number of rotatable bonds is 4. The van der Waals surface area contributed by atoms with Crippen LogP contribution in [-0.2, 0) is 0 Å². The maximum absolute atomic E-state index is 4.35. The van der Waals surface area contributed by atoms with Gasteiger partial charge in [-0.1, -0.05) is 25.8 Å². The summed E-state index contributed by atoms with van der Waals surface area (Å²) in [5.41, 5.74) is 2.70. The first-order valence-electron chi connectivity index (χ1n) is 6.97. The maximum Gasteiger partial charge on any atom is 0.0363 e. The third-order valence-corrected chi connectivity index (χ3v) is 3.69. The van der Waals surface area contributed by atoms with E-state index in [1.165, 1.54) is 56.3 Å². The van der Waals surface area contributed by atoms with E-state index in [9.17, 15) is 0 Å². The molecule has 0 unspecified atom stereocenters. The van der Waals surface area contributed by atoms with Crippen molar-refractivity contribution in [2.45, 2.75) is 52.0 Å². The van der Waals surface area contributed by atoms with Crippen LogP contribution in [0.5, 0.6) is 0 Å². The van der Waals surface area contributed by atoms with Crippen molar-refractivity contribution >= 4 is 0 Å². The first-order chi connectivity index (χ1) is 8.31. The Morgan fingerprint density at radius 1 is 1.35 bits per heavy atom. The van der Waals surface area contributed by atoms with Crippen LogP contribution >= 0.6 is 0 Å². The van der Waals surface area contributed by atoms with Crippen molar-refractivity contribution < 1.29 is 0 Å². The molecule has 94 valence electrons. The second-order valence-electron chi connectivity index (χ2n) is 5.20. The van der Waals surface area contributed by atoms with Gasteiger partial charge in [0.05, 0.1) is 0 Å². The number of nitrogens with zero attached hydrogens (tertiary/aromatic N) is 2. The molecule has 0 spiro atoms. The van der Waals surface area contributed by atoms with Gasteiger partial charge >= 0.3 is 0 Å². The van der Waals surface area contributed by atoms with E-state index in [-0.39, 0.29) is 0 Å². The summed E-state index contributed by atoms with van der Waals surface area (Å²) in [6.45, 7) is 6.91. The normalized spacial score (nSPS) is 21.6. The summed E-state index contributed by atoms with van der Waals surface area (Å²) in [4.78, 5) is 7.00. The van der Waals surface area contributed by atoms with Gasteiger partial charge < -0.3 is 0 Å². The molecule has 2 heteroatoms. The lowest BCUT2D eigenvalue weighted by Gasteiger charge is -2.36. The number of unbranched alkanes of at least 4 members (excludes halogenated alkanes) is 1. The fourth-order valence-corrected chi connectivity index (χ4v) is 2.76. The average Bonchev–Trinajstić information content (AvgIpc) is 2.37. The zero-order valence-electron chi connectivity index (χ0n) is 11.2. The quantitative estimate of drug-likeness (QED) is 0.786. The Bertz CT molecular complexity index is 349. The Morgan fingerprint density at radius 2 is 2.24 bits per heavy atom. The fraction of sp³-hybridized carbons (Fsp3) is 0.667. The molecule has 0 saturated carbocycles. The fourth-order valence-electron chi connectivity index (χ4n) is 2.76. The van der Waals surface area contributed by atoms with Crippen molar-refractivity contribution in [1.29, 1.82) is 0 Å². The lowest BCUT2D eigenvalue weighted by molar-refractivity contribution is 0.146. The lowest BCUT2D eigenvalue weighted by Crippen LogP contribution is -2.34. The predicted molar refractivity (Wildman–Crippen MR) is 72.0 cm³/mol. The SMILES string of the molecule is CCCCN1CCCC[C@@H]1c1cncc(C)c1. The Labute approximate surface area is 105 Å². The Kier molecular flexibility index (Phi) is 4.55. The first kappa shape index (κ1) is 12.6. The molecule has 0 radical (unpaired) electrons. The number of aryl methyl sites for hydroxylation is 1. The number of piperidine rings is 1. The summed E-state index contributed by atoms with van der Waals surface area (Å²) in [6, 6.07) is 2.92. The highest BCUT2D eigenvalue weighted by Crippen LogP contribution is 2.30. The van der Waals surface area contributed by atoms with Crippen LogP contribution in [0.25, 0.3) is 0 Å². The van der Waals surface area contributed by atoms with Gasteiger partial charge in [0.15, 0.2) is 0 Å². The second-order valence-corrected chi connectivity index (χ2v) is 5.20. The summed E-state index contributed by atoms with van der Waals surface area (Å²) in [5.74, 6) is 0. The number of aromatic nitrogens is 1. The average molecular weight is 232 g/mol. The van der Waals surface area contributed by atoms with Crippen molar-refractivity contribution in [2.24, 2.45) is 0 Å². The molecular formula is C15H24N2. The van der Waals surface area contributed by atoms with Crippen LogP contribution in [0.3, 0.4) is 0 Å². The molecule has 0 amide bonds. The van der Waals surface area contributed by atoms with Crippen molar-refractivity contribution in [3.8, 4) is 0 Å². The Morgan fingerprint density at radius 3 is 3.00 bits per heavy atom. The van der Waals surface area contributed by atoms with Crippen LogP contribution in [0.4, 0.5) is 0 Å². The van der Waals surface area contributed by atoms with Gasteiger partial charge in [0.25, 0.3) is 0 Å². The Balaban J connectivity index is 2.10. The van der Waals surface area contributed by atoms with E-state index in [4.69, 9.17) is 0 Å². The van der Waals surface area contributed by atoms with E-state index >= 15 is 0 Å². The smallest absolute Gasteiger partial charge is 0.0363 e. The molecule has 2 nitrogen and oxygen atoms in total. The van der Waals surface area contributed by atoms with Crippen molar-refractivity contribution in [2.75, 3.05) is 13.1 Å². The van der Waals surface area contributed by atoms with E-state index in [2.05, 4.69) is 36.0 Å². The highest BCUT2D eigenvalue weighted by atomic mass is 15.2. The highest BCUT2D eigenvalue weighted by Gasteiger charge is 2.23. The van der Waals surface area contributed by atoms with Crippen LogP contribution in [-0.4, -0.2) is 23.0 Å². The third kappa shape index (κ3) is 3.29. The minimum atomic E-state index is 0.614. The zero-order valence-corrected chi connectivity index (χ0v) is 11.2. The largest absolute Gasteiger partial charge is 0.296 e. The summed E-state index contributed by atoms with van der Waals surface area (Å²) < 4.78 is 0. The summed E-state index contributed by atoms with van der Waals surface area (Å²) in [5, 5.41) is 0. The van der Waals surface area contributed by atoms with Crippen LogP contribution in [0.15, 0.2) is 18.5 Å². The molecule has 0 aliphatic carbocycles. The predicted octanol–water partition coefficient (Wildman–Crippen LogP) is 3.72. The van der Waals surface area contributed by atoms with Gasteiger partial charge in [-0.3, -0.25) is 9.88 Å². The van der Waals surface area contributed by atoms with Gasteiger partial charge in [-0.05, 0) is 50.4 Å². The molecule has 1 aliphatic heterocycles. The monoisotopic (exact) mass is 232 g/mol. The van der Waals surface area contributed by atoms with E-state index in [0.717, 1.165) is 0 Å². The molecule has 1 aliphatic rings. The van der Waals surface area contributed by atoms with E-state index in [1.54, 1.807) is 0 Å². The lowest BCUT2D eigenvalue weighted by atomic mass is 9.95. The number of hydrogen-bond acceptors (Lipinski definition) is 2. The van der Waals surface area contributed by atoms with Gasteiger partial charge in [0.1, 0.15) is 0 Å². The zero-order chi connectivity index (χ0) is 12.1. The standard InChI is InChI=1S/C15H24N2/c1-3-4-8-17-9-6-5-7-15(17)14-10-13(2)11-16-12-14/h10-12,15H,3-9H2,1-2H3/t15-/m1/s1. The maximum atomic E-state index is 4.35. The van der Waals surface area contributed by atoms with E-state index in [0.29, 0.717) is 6.04 Å². The molecule has 1 saturated heterocycles. The summed E-state index contributed by atoms with van der Waals surface area (Å²) in [6.07, 6.45) is 10.6. The molecule has 0 N–H and O–H groups in total. The van der Waals surface area contributed by atoms with Gasteiger partial charge in [-0.15, -0.1) is 0 Å². The van der Waals surface area contributed by atoms with Crippen LogP contribution in [0, 0.1) is 6.92 Å². The van der Waals surface area contributed by atoms with Gasteiger partial charge in [-0.25, -0.2) is 0 Å². The van der Waals surface area contributed by atoms with Gasteiger partial charge in [0, 0.05) is 18.4 Å². The van der Waals surface area contributed by atoms with Crippen LogP contribution < -0.4 is 0 Å². The third-order valence-electron chi connectivity index (χ3n) is 3.69. The first-order valence-corrected chi connectivity index (χ1v) is 6.97. The number of likely N-dealkylation sites (tertiary alicyclic amines) is 1. The molecule has 1 fully saturated rings. The minimum Gasteiger partial charge on any atom is -0.296 e. The molecule has 1 aromatic rings. The van der Waals surface area contributed by atoms with Crippen molar-refractivity contribution in [3.63, 3.8) is 0 Å². The van der Waals surface area contributed by atoms with Gasteiger partial charge in [0.2, 0.25) is 0 Å². The molecule has 0 aromatic carbocycles. The molecular weight excluding hydrogens is 208 g/mol. The minimum absolute atomic E-state index is 0.614. The van der Waals surface area contributed by atoms with Crippen molar-refractivity contribution in [3.05, 3.63) is 29.6 Å². The van der Waals surface area contributed by atoms with Crippen LogP contribution in [0.2, 0.25) is 0 Å². The van der Waals surface area contributed by atoms with E-state index < -0.39 is 0 Å². The number of hydrogen-bond donors (Lipinski definition) is 0. The summed E-state index contributed by atoms with van der Waals surface area (Å²) >= 11 is 0.